The maximum Gasteiger partial charge on any atom is 0.0781 e. The van der Waals surface area contributed by atoms with Gasteiger partial charge in [-0.25, -0.2) is 4.21 Å². The number of anilines is 1. The Morgan fingerprint density at radius 2 is 2.00 bits per heavy atom. The Balaban J connectivity index is 2.88. The molecule has 0 bridgehead atoms. The van der Waals surface area contributed by atoms with E-state index in [0.717, 1.165) is 4.47 Å². The van der Waals surface area contributed by atoms with E-state index in [4.69, 9.17) is 0 Å². The summed E-state index contributed by atoms with van der Waals surface area (Å²) in [5, 5.41) is 0. The molecule has 66 valence electrons. The number of para-hydroxylation sites is 1. The summed E-state index contributed by atoms with van der Waals surface area (Å²) in [5.74, 6) is 0. The predicted octanol–water partition coefficient (Wildman–Crippen LogP) is 0.849. The van der Waals surface area contributed by atoms with Crippen molar-refractivity contribution in [2.24, 2.45) is 0 Å². The van der Waals surface area contributed by atoms with Gasteiger partial charge >= 0.3 is 0 Å². The molecule has 1 atom stereocenters. The fourth-order valence-electron chi connectivity index (χ4n) is 0.802. The highest BCUT2D eigenvalue weighted by atomic mass is 32.2. The SMILES string of the molecule is CON(c1ccccc1)S(=O)[O-]. The Bertz CT molecular complexity index is 265. The predicted molar refractivity (Wildman–Crippen MR) is 44.8 cm³/mol. The van der Waals surface area contributed by atoms with E-state index in [9.17, 15) is 8.76 Å². The zero-order valence-electron chi connectivity index (χ0n) is 6.47. The molecule has 0 heterocycles. The van der Waals surface area contributed by atoms with Crippen LogP contribution in [-0.4, -0.2) is 15.9 Å². The molecule has 1 unspecified atom stereocenters. The third kappa shape index (κ3) is 2.04. The minimum atomic E-state index is -2.39. The molecule has 1 aromatic carbocycles. The number of rotatable bonds is 3. The molecule has 0 aliphatic rings. The van der Waals surface area contributed by atoms with Crippen LogP contribution in [0.4, 0.5) is 5.69 Å². The monoisotopic (exact) mass is 186 g/mol. The normalized spacial score (nSPS) is 12.5. The van der Waals surface area contributed by atoms with Crippen molar-refractivity contribution in [1.29, 1.82) is 0 Å². The van der Waals surface area contributed by atoms with Crippen molar-refractivity contribution in [3.8, 4) is 0 Å². The molecular formula is C7H8NO3S-. The first-order chi connectivity index (χ1) is 5.75. The lowest BCUT2D eigenvalue weighted by atomic mass is 10.3. The van der Waals surface area contributed by atoms with Gasteiger partial charge in [-0.2, -0.15) is 4.47 Å². The lowest BCUT2D eigenvalue weighted by Crippen LogP contribution is -2.23. The van der Waals surface area contributed by atoms with E-state index in [1.807, 2.05) is 0 Å². The second kappa shape index (κ2) is 4.20. The van der Waals surface area contributed by atoms with Gasteiger partial charge in [-0.05, 0) is 12.1 Å². The van der Waals surface area contributed by atoms with Gasteiger partial charge in [-0.15, -0.1) is 0 Å². The van der Waals surface area contributed by atoms with Crippen molar-refractivity contribution in [1.82, 2.24) is 0 Å². The van der Waals surface area contributed by atoms with Crippen LogP contribution >= 0.6 is 0 Å². The van der Waals surface area contributed by atoms with Crippen molar-refractivity contribution in [2.75, 3.05) is 11.6 Å². The third-order valence-corrected chi connectivity index (χ3v) is 1.90. The van der Waals surface area contributed by atoms with Crippen LogP contribution in [0.5, 0.6) is 0 Å². The lowest BCUT2D eigenvalue weighted by molar-refractivity contribution is 0.213. The summed E-state index contributed by atoms with van der Waals surface area (Å²) in [5.41, 5.74) is 0.480. The Kier molecular flexibility index (Phi) is 3.21. The zero-order valence-corrected chi connectivity index (χ0v) is 7.28. The smallest absolute Gasteiger partial charge is 0.0781 e. The number of hydrogen-bond donors (Lipinski definition) is 0. The van der Waals surface area contributed by atoms with Gasteiger partial charge in [0.15, 0.2) is 0 Å². The van der Waals surface area contributed by atoms with Crippen LogP contribution in [0.1, 0.15) is 0 Å². The van der Waals surface area contributed by atoms with Crippen LogP contribution in [0, 0.1) is 0 Å². The van der Waals surface area contributed by atoms with Gasteiger partial charge in [-0.1, -0.05) is 18.2 Å². The summed E-state index contributed by atoms with van der Waals surface area (Å²) in [6, 6.07) is 8.53. The maximum absolute atomic E-state index is 10.5. The highest BCUT2D eigenvalue weighted by Crippen LogP contribution is 2.13. The molecule has 0 aliphatic carbocycles. The molecule has 0 aliphatic heterocycles. The summed E-state index contributed by atoms with van der Waals surface area (Å²) in [6.45, 7) is 0. The quantitative estimate of drug-likeness (QED) is 0.519. The minimum absolute atomic E-state index is 0.480. The van der Waals surface area contributed by atoms with Crippen molar-refractivity contribution in [2.45, 2.75) is 0 Å². The van der Waals surface area contributed by atoms with Crippen molar-refractivity contribution in [3.63, 3.8) is 0 Å². The Hall–Kier alpha value is -0.910. The van der Waals surface area contributed by atoms with Crippen LogP contribution in [0.25, 0.3) is 0 Å². The van der Waals surface area contributed by atoms with E-state index < -0.39 is 11.3 Å². The molecule has 5 heteroatoms. The van der Waals surface area contributed by atoms with Gasteiger partial charge in [0.05, 0.1) is 24.1 Å². The third-order valence-electron chi connectivity index (χ3n) is 1.27. The second-order valence-corrected chi connectivity index (χ2v) is 2.76. The van der Waals surface area contributed by atoms with Crippen LogP contribution in [0.3, 0.4) is 0 Å². The molecular weight excluding hydrogens is 178 g/mol. The Morgan fingerprint density at radius 3 is 2.42 bits per heavy atom. The summed E-state index contributed by atoms with van der Waals surface area (Å²) < 4.78 is 21.9. The molecule has 0 saturated carbocycles. The van der Waals surface area contributed by atoms with Crippen LogP contribution < -0.4 is 4.47 Å². The van der Waals surface area contributed by atoms with E-state index in [-0.39, 0.29) is 0 Å². The highest BCUT2D eigenvalue weighted by Gasteiger charge is 2.03. The number of nitrogens with zero attached hydrogens (tertiary/aromatic N) is 1. The van der Waals surface area contributed by atoms with Gasteiger partial charge < -0.3 is 4.55 Å². The van der Waals surface area contributed by atoms with Crippen LogP contribution in [0.2, 0.25) is 0 Å². The first-order valence-electron chi connectivity index (χ1n) is 3.24. The summed E-state index contributed by atoms with van der Waals surface area (Å²) in [7, 11) is 1.29. The Morgan fingerprint density at radius 1 is 1.42 bits per heavy atom. The van der Waals surface area contributed by atoms with Gasteiger partial charge in [-0.3, -0.25) is 4.84 Å². The average Bonchev–Trinajstić information content (AvgIpc) is 2.07. The van der Waals surface area contributed by atoms with Crippen molar-refractivity contribution < 1.29 is 13.6 Å². The Labute approximate surface area is 73.1 Å². The molecule has 0 fully saturated rings. The van der Waals surface area contributed by atoms with Crippen molar-refractivity contribution in [3.05, 3.63) is 30.3 Å². The topological polar surface area (TPSA) is 52.6 Å². The molecule has 0 amide bonds. The molecule has 1 aromatic rings. The highest BCUT2D eigenvalue weighted by molar-refractivity contribution is 7.80. The summed E-state index contributed by atoms with van der Waals surface area (Å²) in [6.07, 6.45) is 0. The average molecular weight is 186 g/mol. The minimum Gasteiger partial charge on any atom is -0.753 e. The first-order valence-corrected chi connectivity index (χ1v) is 4.27. The van der Waals surface area contributed by atoms with E-state index >= 15 is 0 Å². The van der Waals surface area contributed by atoms with Gasteiger partial charge in [0.1, 0.15) is 0 Å². The fraction of sp³-hybridized carbons (Fsp3) is 0.143. The lowest BCUT2D eigenvalue weighted by Gasteiger charge is -2.22. The largest absolute Gasteiger partial charge is 0.753 e. The molecule has 0 radical (unpaired) electrons. The van der Waals surface area contributed by atoms with Gasteiger partial charge in [0, 0.05) is 0 Å². The van der Waals surface area contributed by atoms with E-state index in [2.05, 4.69) is 4.84 Å². The van der Waals surface area contributed by atoms with E-state index in [1.165, 1.54) is 7.11 Å². The standard InChI is InChI=1S/C7H9NO3S/c1-11-8(12(9)10)7-5-3-2-4-6-7/h2-6H,1H3,(H,9,10)/p-1. The fourth-order valence-corrected chi connectivity index (χ4v) is 1.22. The second-order valence-electron chi connectivity index (χ2n) is 1.99. The molecule has 0 N–H and O–H groups in total. The molecule has 4 nitrogen and oxygen atoms in total. The summed E-state index contributed by atoms with van der Waals surface area (Å²) in [4.78, 5) is 4.62. The van der Waals surface area contributed by atoms with Crippen LogP contribution in [0.15, 0.2) is 30.3 Å². The molecule has 0 saturated heterocycles. The molecule has 0 spiro atoms. The maximum atomic E-state index is 10.5. The molecule has 0 aromatic heterocycles. The molecule has 12 heavy (non-hydrogen) atoms. The van der Waals surface area contributed by atoms with E-state index in [1.54, 1.807) is 30.3 Å². The van der Waals surface area contributed by atoms with Gasteiger partial charge in [0.25, 0.3) is 0 Å². The number of hydrogen-bond acceptors (Lipinski definition) is 3. The van der Waals surface area contributed by atoms with Crippen LogP contribution in [-0.2, 0) is 16.1 Å². The molecule has 1 rings (SSSR count). The summed E-state index contributed by atoms with van der Waals surface area (Å²) >= 11 is -2.39. The number of benzene rings is 1. The first kappa shape index (κ1) is 9.18. The van der Waals surface area contributed by atoms with Gasteiger partial charge in [0.2, 0.25) is 0 Å². The van der Waals surface area contributed by atoms with E-state index in [0.29, 0.717) is 5.69 Å². The van der Waals surface area contributed by atoms with Crippen molar-refractivity contribution >= 4 is 17.0 Å². The zero-order chi connectivity index (χ0) is 8.97.